The first-order chi connectivity index (χ1) is 9.04. The topological polar surface area (TPSA) is 85.1 Å². The van der Waals surface area contributed by atoms with Gasteiger partial charge in [0, 0.05) is 11.1 Å². The number of nitrogens with one attached hydrogen (secondary N) is 1. The molecular formula is C12H13N3O2S2. The molecule has 0 fully saturated rings. The molecule has 0 radical (unpaired) electrons. The molecule has 0 saturated carbocycles. The minimum absolute atomic E-state index is 0.0170. The van der Waals surface area contributed by atoms with Crippen molar-refractivity contribution in [2.24, 2.45) is 0 Å². The fourth-order valence-corrected chi connectivity index (χ4v) is 3.34. The van der Waals surface area contributed by atoms with Crippen LogP contribution in [0.4, 0.5) is 11.5 Å². The van der Waals surface area contributed by atoms with Crippen molar-refractivity contribution >= 4 is 33.3 Å². The first-order valence-electron chi connectivity index (χ1n) is 5.41. The van der Waals surface area contributed by atoms with E-state index in [9.17, 15) is 8.42 Å². The molecule has 0 aliphatic carbocycles. The van der Waals surface area contributed by atoms with Crippen LogP contribution in [0.3, 0.4) is 0 Å². The van der Waals surface area contributed by atoms with E-state index in [1.807, 2.05) is 18.4 Å². The Balaban J connectivity index is 2.40. The Bertz CT molecular complexity index is 687. The third kappa shape index (κ3) is 2.99. The molecule has 0 aliphatic heterocycles. The lowest BCUT2D eigenvalue weighted by Crippen LogP contribution is -2.15. The van der Waals surface area contributed by atoms with Gasteiger partial charge in [0.05, 0.1) is 5.69 Å². The van der Waals surface area contributed by atoms with Gasteiger partial charge in [-0.25, -0.2) is 13.4 Å². The summed E-state index contributed by atoms with van der Waals surface area (Å²) in [5.74, 6) is -0.0170. The average Bonchev–Trinajstić information content (AvgIpc) is 2.39. The summed E-state index contributed by atoms with van der Waals surface area (Å²) in [6, 6.07) is 10.1. The van der Waals surface area contributed by atoms with Crippen LogP contribution >= 0.6 is 11.8 Å². The zero-order chi connectivity index (χ0) is 13.9. The molecule has 0 amide bonds. The van der Waals surface area contributed by atoms with E-state index in [2.05, 4.69) is 9.71 Å². The molecular weight excluding hydrogens is 282 g/mol. The second-order valence-corrected chi connectivity index (χ2v) is 6.19. The third-order valence-electron chi connectivity index (χ3n) is 2.44. The number of benzene rings is 1. The van der Waals surface area contributed by atoms with Crippen molar-refractivity contribution in [3.8, 4) is 0 Å². The van der Waals surface area contributed by atoms with E-state index in [-0.39, 0.29) is 10.7 Å². The largest absolute Gasteiger partial charge is 0.383 e. The normalized spacial score (nSPS) is 11.2. The highest BCUT2D eigenvalue weighted by atomic mass is 32.2. The van der Waals surface area contributed by atoms with Crippen molar-refractivity contribution in [1.82, 2.24) is 4.98 Å². The molecule has 0 atom stereocenters. The van der Waals surface area contributed by atoms with Crippen molar-refractivity contribution in [2.45, 2.75) is 9.79 Å². The van der Waals surface area contributed by atoms with Gasteiger partial charge in [-0.1, -0.05) is 12.1 Å². The van der Waals surface area contributed by atoms with Crippen molar-refractivity contribution in [3.05, 3.63) is 42.6 Å². The summed E-state index contributed by atoms with van der Waals surface area (Å²) in [6.45, 7) is 0. The smallest absolute Gasteiger partial charge is 0.265 e. The Kier molecular flexibility index (Phi) is 3.96. The van der Waals surface area contributed by atoms with Crippen molar-refractivity contribution in [1.29, 1.82) is 0 Å². The molecule has 0 aliphatic rings. The Labute approximate surface area is 116 Å². The van der Waals surface area contributed by atoms with Crippen LogP contribution in [0.5, 0.6) is 0 Å². The van der Waals surface area contributed by atoms with E-state index in [0.29, 0.717) is 5.69 Å². The number of nitrogens with zero attached hydrogens (tertiary/aromatic N) is 1. The van der Waals surface area contributed by atoms with Gasteiger partial charge in [0.15, 0.2) is 0 Å². The maximum Gasteiger partial charge on any atom is 0.265 e. The minimum atomic E-state index is -3.73. The van der Waals surface area contributed by atoms with Gasteiger partial charge < -0.3 is 5.73 Å². The number of hydrogen-bond acceptors (Lipinski definition) is 5. The first kappa shape index (κ1) is 13.7. The molecule has 0 saturated heterocycles. The van der Waals surface area contributed by atoms with Gasteiger partial charge in [-0.3, -0.25) is 4.72 Å². The summed E-state index contributed by atoms with van der Waals surface area (Å²) in [5, 5.41) is 0. The zero-order valence-corrected chi connectivity index (χ0v) is 11.8. The standard InChI is InChI=1S/C12H13N3O2S2/c1-18-10-6-3-2-5-9(10)15-19(16,17)11-7-4-8-14-12(11)13/h2-8,15H,1H3,(H2,13,14). The number of anilines is 2. The van der Waals surface area contributed by atoms with E-state index < -0.39 is 10.0 Å². The summed E-state index contributed by atoms with van der Waals surface area (Å²) >= 11 is 1.46. The second kappa shape index (κ2) is 5.50. The van der Waals surface area contributed by atoms with Crippen LogP contribution in [-0.2, 0) is 10.0 Å². The molecule has 19 heavy (non-hydrogen) atoms. The van der Waals surface area contributed by atoms with Crippen LogP contribution in [0.1, 0.15) is 0 Å². The van der Waals surface area contributed by atoms with Crippen LogP contribution in [0.15, 0.2) is 52.4 Å². The zero-order valence-electron chi connectivity index (χ0n) is 10.2. The van der Waals surface area contributed by atoms with Gasteiger partial charge in [-0.2, -0.15) is 0 Å². The number of nitrogen functional groups attached to an aromatic ring is 1. The molecule has 3 N–H and O–H groups in total. The van der Waals surface area contributed by atoms with Crippen LogP contribution < -0.4 is 10.5 Å². The lowest BCUT2D eigenvalue weighted by molar-refractivity contribution is 0.601. The molecule has 1 aromatic heterocycles. The van der Waals surface area contributed by atoms with Crippen LogP contribution in [-0.4, -0.2) is 19.7 Å². The van der Waals surface area contributed by atoms with Gasteiger partial charge in [0.1, 0.15) is 10.7 Å². The molecule has 0 bridgehead atoms. The lowest BCUT2D eigenvalue weighted by Gasteiger charge is -2.11. The maximum atomic E-state index is 12.3. The van der Waals surface area contributed by atoms with E-state index in [0.717, 1.165) is 4.90 Å². The van der Waals surface area contributed by atoms with Gasteiger partial charge in [-0.15, -0.1) is 11.8 Å². The third-order valence-corrected chi connectivity index (χ3v) is 4.65. The highest BCUT2D eigenvalue weighted by Crippen LogP contribution is 2.27. The van der Waals surface area contributed by atoms with E-state index in [1.54, 1.807) is 12.1 Å². The Morgan fingerprint density at radius 3 is 2.63 bits per heavy atom. The van der Waals surface area contributed by atoms with E-state index in [4.69, 9.17) is 5.73 Å². The number of hydrogen-bond donors (Lipinski definition) is 2. The lowest BCUT2D eigenvalue weighted by atomic mass is 10.3. The molecule has 1 heterocycles. The molecule has 1 aromatic carbocycles. The van der Waals surface area contributed by atoms with Gasteiger partial charge in [0.25, 0.3) is 10.0 Å². The van der Waals surface area contributed by atoms with Crippen LogP contribution in [0.2, 0.25) is 0 Å². The highest BCUT2D eigenvalue weighted by Gasteiger charge is 2.18. The Morgan fingerprint density at radius 1 is 1.21 bits per heavy atom. The van der Waals surface area contributed by atoms with Crippen LogP contribution in [0, 0.1) is 0 Å². The Morgan fingerprint density at radius 2 is 1.95 bits per heavy atom. The van der Waals surface area contributed by atoms with Crippen LogP contribution in [0.25, 0.3) is 0 Å². The van der Waals surface area contributed by atoms with Gasteiger partial charge >= 0.3 is 0 Å². The van der Waals surface area contributed by atoms with Gasteiger partial charge in [0.2, 0.25) is 0 Å². The second-order valence-electron chi connectivity index (χ2n) is 3.69. The summed E-state index contributed by atoms with van der Waals surface area (Å²) in [7, 11) is -3.73. The fourth-order valence-electron chi connectivity index (χ4n) is 1.56. The first-order valence-corrected chi connectivity index (χ1v) is 8.12. The molecule has 7 heteroatoms. The molecule has 2 rings (SSSR count). The molecule has 2 aromatic rings. The number of sulfonamides is 1. The SMILES string of the molecule is CSc1ccccc1NS(=O)(=O)c1cccnc1N. The summed E-state index contributed by atoms with van der Waals surface area (Å²) in [4.78, 5) is 4.60. The van der Waals surface area contributed by atoms with Crippen molar-refractivity contribution < 1.29 is 8.42 Å². The fraction of sp³-hybridized carbons (Fsp3) is 0.0833. The number of rotatable bonds is 4. The van der Waals surface area contributed by atoms with Gasteiger partial charge in [-0.05, 0) is 30.5 Å². The molecule has 0 spiro atoms. The highest BCUT2D eigenvalue weighted by molar-refractivity contribution is 7.99. The summed E-state index contributed by atoms with van der Waals surface area (Å²) < 4.78 is 27.0. The number of aromatic nitrogens is 1. The average molecular weight is 295 g/mol. The molecule has 0 unspecified atom stereocenters. The Hall–Kier alpha value is -1.73. The van der Waals surface area contributed by atoms with Crippen molar-refractivity contribution in [2.75, 3.05) is 16.7 Å². The number of para-hydroxylation sites is 1. The number of thioether (sulfide) groups is 1. The molecule has 5 nitrogen and oxygen atoms in total. The molecule has 100 valence electrons. The predicted molar refractivity (Wildman–Crippen MR) is 77.7 cm³/mol. The summed E-state index contributed by atoms with van der Waals surface area (Å²) in [6.07, 6.45) is 3.33. The van der Waals surface area contributed by atoms with Crippen molar-refractivity contribution in [3.63, 3.8) is 0 Å². The number of nitrogens with two attached hydrogens (primary N) is 1. The minimum Gasteiger partial charge on any atom is -0.383 e. The monoisotopic (exact) mass is 295 g/mol. The van der Waals surface area contributed by atoms with E-state index >= 15 is 0 Å². The predicted octanol–water partition coefficient (Wildman–Crippen LogP) is 2.19. The number of pyridine rings is 1. The summed E-state index contributed by atoms with van der Waals surface area (Å²) in [5.41, 5.74) is 6.12. The quantitative estimate of drug-likeness (QED) is 0.845. The maximum absolute atomic E-state index is 12.3. The van der Waals surface area contributed by atoms with E-state index in [1.165, 1.54) is 30.1 Å².